The van der Waals surface area contributed by atoms with Crippen LogP contribution in [0.25, 0.3) is 33.4 Å². The lowest BCUT2D eigenvalue weighted by Gasteiger charge is -2.21. The zero-order valence-corrected chi connectivity index (χ0v) is 30.3. The second kappa shape index (κ2) is 16.5. The molecule has 0 bridgehead atoms. The molecule has 2 aliphatic carbocycles. The van der Waals surface area contributed by atoms with E-state index in [-0.39, 0.29) is 24.3 Å². The Kier molecular flexibility index (Phi) is 12.0. The van der Waals surface area contributed by atoms with Gasteiger partial charge < -0.3 is 23.7 Å². The van der Waals surface area contributed by atoms with Crippen molar-refractivity contribution in [3.05, 3.63) is 86.2 Å². The molecule has 2 aliphatic rings. The minimum Gasteiger partial charge on any atom is -0.404 e. The number of ether oxygens (including phenoxy) is 5. The first-order valence-corrected chi connectivity index (χ1v) is 16.1. The number of alkyl halides is 15. The van der Waals surface area contributed by atoms with E-state index in [9.17, 15) is 97.4 Å². The van der Waals surface area contributed by atoms with Crippen LogP contribution < -0.4 is 23.7 Å². The number of rotatable bonds is 7. The average molecular weight is 954 g/mol. The van der Waals surface area contributed by atoms with Crippen LogP contribution in [0.15, 0.2) is 35.4 Å². The highest BCUT2D eigenvalue weighted by molar-refractivity contribution is 6.31. The van der Waals surface area contributed by atoms with Crippen LogP contribution in [0.3, 0.4) is 0 Å². The summed E-state index contributed by atoms with van der Waals surface area (Å²) in [5.41, 5.74) is -22.8. The van der Waals surface area contributed by atoms with E-state index >= 15 is 13.2 Å². The molecule has 0 unspecified atom stereocenters. The summed E-state index contributed by atoms with van der Waals surface area (Å²) in [5, 5.41) is 60.5. The van der Waals surface area contributed by atoms with Crippen molar-refractivity contribution in [3.63, 3.8) is 0 Å². The van der Waals surface area contributed by atoms with Crippen molar-refractivity contribution in [2.75, 3.05) is 0 Å². The van der Waals surface area contributed by atoms with Crippen molar-refractivity contribution in [2.24, 2.45) is 0 Å². The van der Waals surface area contributed by atoms with Gasteiger partial charge in [0.1, 0.15) is 59.1 Å². The molecule has 3 aromatic rings. The molecule has 0 radical (unpaired) electrons. The minimum atomic E-state index is -6.21. The predicted molar refractivity (Wildman–Crippen MR) is 174 cm³/mol. The molecule has 0 aliphatic heterocycles. The van der Waals surface area contributed by atoms with E-state index in [0.717, 1.165) is 36.4 Å². The first-order chi connectivity index (χ1) is 30.3. The maximum Gasteiger partial charge on any atom is 0.573 e. The van der Waals surface area contributed by atoms with Gasteiger partial charge in [0.15, 0.2) is 23.0 Å². The smallest absolute Gasteiger partial charge is 0.404 e. The highest BCUT2D eigenvalue weighted by atomic mass is 19.4. The molecule has 0 saturated heterocycles. The molecule has 29 heteroatoms. The van der Waals surface area contributed by atoms with Gasteiger partial charge in [-0.3, -0.25) is 0 Å². The van der Waals surface area contributed by atoms with Gasteiger partial charge in [0, 0.05) is 44.5 Å². The molecule has 5 rings (SSSR count). The van der Waals surface area contributed by atoms with Crippen molar-refractivity contribution < 1.29 is 103 Å². The molecule has 0 saturated carbocycles. The monoisotopic (exact) mass is 954 g/mol. The summed E-state index contributed by atoms with van der Waals surface area (Å²) in [7, 11) is 0. The van der Waals surface area contributed by atoms with E-state index in [1.807, 2.05) is 0 Å². The Bertz CT molecular complexity index is 2740. The molecule has 3 aromatic carbocycles. The lowest BCUT2D eigenvalue weighted by molar-refractivity contribution is -0.280. The van der Waals surface area contributed by atoms with Crippen LogP contribution in [0.2, 0.25) is 0 Å². The summed E-state index contributed by atoms with van der Waals surface area (Å²) >= 11 is 0. The third kappa shape index (κ3) is 9.32. The summed E-state index contributed by atoms with van der Waals surface area (Å²) in [5.74, 6) is -18.8. The SMILES string of the molecule is N#CC(C#N)=C1C(c2cc(OC(F)(F)F)c(F)c(OC(F)(F)F)c2)=C(C#N)c2c(F)c3c(c(OC(F)(F)F)c21)C(=C(C#N)C#N)C(c1cc(OC(F)(F)F)c(F)c(OC(F)(F)F)c1)=C3C#N. The number of hydrogen-bond donors (Lipinski definition) is 0. The lowest BCUT2D eigenvalue weighted by Crippen LogP contribution is -2.21. The summed E-state index contributed by atoms with van der Waals surface area (Å²) in [4.78, 5) is 0. The van der Waals surface area contributed by atoms with E-state index in [4.69, 9.17) is 0 Å². The molecule has 0 fully saturated rings. The van der Waals surface area contributed by atoms with Crippen molar-refractivity contribution >= 4 is 33.4 Å². The van der Waals surface area contributed by atoms with Gasteiger partial charge in [-0.25, -0.2) is 4.39 Å². The molecule has 0 amide bonds. The Labute approximate surface area is 351 Å². The highest BCUT2D eigenvalue weighted by Crippen LogP contribution is 2.62. The van der Waals surface area contributed by atoms with Crippen molar-refractivity contribution in [3.8, 4) is 65.2 Å². The van der Waals surface area contributed by atoms with Crippen molar-refractivity contribution in [1.82, 2.24) is 0 Å². The largest absolute Gasteiger partial charge is 0.573 e. The summed E-state index contributed by atoms with van der Waals surface area (Å²) in [6.45, 7) is 0. The fraction of sp³-hybridized carbons (Fsp3) is 0.135. The molecule has 0 heterocycles. The molecule has 11 nitrogen and oxygen atoms in total. The second-order valence-corrected chi connectivity index (χ2v) is 12.1. The molecule has 0 N–H and O–H groups in total. The van der Waals surface area contributed by atoms with E-state index in [0.29, 0.717) is 0 Å². The highest BCUT2D eigenvalue weighted by Gasteiger charge is 2.49. The van der Waals surface area contributed by atoms with E-state index in [1.54, 1.807) is 0 Å². The molecular weight excluding hydrogens is 950 g/mol. The van der Waals surface area contributed by atoms with Crippen LogP contribution in [0, 0.1) is 85.4 Å². The van der Waals surface area contributed by atoms with Crippen LogP contribution in [-0.4, -0.2) is 31.8 Å². The van der Waals surface area contributed by atoms with Crippen molar-refractivity contribution in [1.29, 1.82) is 31.6 Å². The number of nitriles is 6. The Balaban J connectivity index is 2.11. The molecule has 338 valence electrons. The Morgan fingerprint density at radius 3 is 0.848 bits per heavy atom. The van der Waals surface area contributed by atoms with Gasteiger partial charge in [-0.05, 0) is 35.4 Å². The van der Waals surface area contributed by atoms with E-state index in [1.165, 1.54) is 0 Å². The predicted octanol–water partition coefficient (Wildman–Crippen LogP) is 11.1. The van der Waals surface area contributed by atoms with Crippen LogP contribution in [0.5, 0.6) is 28.7 Å². The van der Waals surface area contributed by atoms with Crippen LogP contribution in [0.1, 0.15) is 33.4 Å². The number of fused-ring (bicyclic) bond motifs is 2. The first-order valence-electron chi connectivity index (χ1n) is 16.1. The topological polar surface area (TPSA) is 189 Å². The van der Waals surface area contributed by atoms with Gasteiger partial charge in [-0.1, -0.05) is 0 Å². The normalized spacial score (nSPS) is 13.6. The maximum atomic E-state index is 17.5. The fourth-order valence-electron chi connectivity index (χ4n) is 6.41. The van der Waals surface area contributed by atoms with Crippen LogP contribution in [-0.2, 0) is 0 Å². The van der Waals surface area contributed by atoms with Gasteiger partial charge in [0.25, 0.3) is 0 Å². The zero-order chi connectivity index (χ0) is 49.8. The number of nitrogens with zero attached hydrogens (tertiary/aromatic N) is 6. The number of allylic oxidation sites excluding steroid dienone is 8. The molecule has 0 atom stereocenters. The van der Waals surface area contributed by atoms with Gasteiger partial charge in [-0.2, -0.15) is 40.4 Å². The standard InChI is InChI=1S/C37H4F18N6O5/c38-29-17(62-33(41,42)43)1-11(2-18(29)63-34(44,45)46)21-15(9-60)25-27(23(21)13(5-56)6-57)32(66-37(53,54)55)28-24(14(7-58)8-59)22(16(10-61)26(28)31(25)40)12-3-19(64-35(47,48)49)30(39)20(4-12)65-36(50,51)52/h1-4H. The van der Waals surface area contributed by atoms with Crippen LogP contribution >= 0.6 is 0 Å². The Morgan fingerprint density at radius 2 is 0.636 bits per heavy atom. The van der Waals surface area contributed by atoms with E-state index < -0.39 is 156 Å². The average Bonchev–Trinajstić information content (AvgIpc) is 3.69. The Morgan fingerprint density at radius 1 is 0.379 bits per heavy atom. The Hall–Kier alpha value is -8.70. The van der Waals surface area contributed by atoms with E-state index in [2.05, 4.69) is 23.7 Å². The zero-order valence-electron chi connectivity index (χ0n) is 30.3. The number of halogens is 18. The molecule has 0 spiro atoms. The summed E-state index contributed by atoms with van der Waals surface area (Å²) < 4.78 is 269. The molecule has 0 aromatic heterocycles. The van der Waals surface area contributed by atoms with Gasteiger partial charge in [-0.15, -0.1) is 65.9 Å². The number of benzene rings is 3. The maximum absolute atomic E-state index is 17.5. The summed E-state index contributed by atoms with van der Waals surface area (Å²) in [6, 6.07) is 5.42. The van der Waals surface area contributed by atoms with Gasteiger partial charge in [0.2, 0.25) is 11.6 Å². The quantitative estimate of drug-likeness (QED) is 0.162. The first kappa shape index (κ1) is 48.3. The van der Waals surface area contributed by atoms with Crippen LogP contribution in [0.4, 0.5) is 79.0 Å². The minimum absolute atomic E-state index is 0.226. The lowest BCUT2D eigenvalue weighted by atomic mass is 9.87. The van der Waals surface area contributed by atoms with Gasteiger partial charge >= 0.3 is 31.8 Å². The third-order valence-corrected chi connectivity index (χ3v) is 8.27. The molecular formula is C37H4F18N6O5. The third-order valence-electron chi connectivity index (χ3n) is 8.27. The van der Waals surface area contributed by atoms with Gasteiger partial charge in [0.05, 0.1) is 11.1 Å². The van der Waals surface area contributed by atoms with Crippen molar-refractivity contribution in [2.45, 2.75) is 31.8 Å². The fourth-order valence-corrected chi connectivity index (χ4v) is 6.41. The number of hydrogen-bond acceptors (Lipinski definition) is 11. The summed E-state index contributed by atoms with van der Waals surface area (Å²) in [6.07, 6.45) is -30.2. The second-order valence-electron chi connectivity index (χ2n) is 12.1. The molecule has 66 heavy (non-hydrogen) atoms.